The topological polar surface area (TPSA) is 46.6 Å². The fourth-order valence-corrected chi connectivity index (χ4v) is 5.08. The van der Waals surface area contributed by atoms with Crippen molar-refractivity contribution in [2.75, 3.05) is 26.0 Å². The maximum atomic E-state index is 12.5. The van der Waals surface area contributed by atoms with Gasteiger partial charge in [-0.15, -0.1) is 0 Å². The Bertz CT molecular complexity index is 328. The van der Waals surface area contributed by atoms with E-state index in [2.05, 4.69) is 0 Å². The number of hydrogen-bond acceptors (Lipinski definition) is 3. The van der Waals surface area contributed by atoms with Crippen LogP contribution in [0.15, 0.2) is 12.2 Å². The second kappa shape index (κ2) is 4.11. The van der Waals surface area contributed by atoms with E-state index in [1.54, 1.807) is 0 Å². The Kier molecular flexibility index (Phi) is 2.98. The van der Waals surface area contributed by atoms with Crippen molar-refractivity contribution < 1.29 is 14.1 Å². The van der Waals surface area contributed by atoms with Crippen LogP contribution in [0.1, 0.15) is 12.8 Å². The molecule has 0 aromatic heterocycles. The molecule has 0 saturated carbocycles. The highest BCUT2D eigenvalue weighted by molar-refractivity contribution is 7.62. The van der Waals surface area contributed by atoms with E-state index in [1.165, 1.54) is 7.11 Å². The van der Waals surface area contributed by atoms with Crippen LogP contribution in [0.4, 0.5) is 0 Å². The lowest BCUT2D eigenvalue weighted by atomic mass is 10.2. The van der Waals surface area contributed by atoms with E-state index in [9.17, 15) is 9.36 Å². The van der Waals surface area contributed by atoms with E-state index in [-0.39, 0.29) is 12.0 Å². The average Bonchev–Trinajstić information content (AvgIpc) is 2.85. The minimum Gasteiger partial charge on any atom is -0.468 e. The van der Waals surface area contributed by atoms with Gasteiger partial charge in [-0.2, -0.15) is 0 Å². The number of nitrogens with zero attached hydrogens (tertiary/aromatic N) is 1. The molecule has 84 valence electrons. The van der Waals surface area contributed by atoms with Gasteiger partial charge in [-0.3, -0.25) is 4.79 Å². The van der Waals surface area contributed by atoms with E-state index in [1.807, 2.05) is 16.8 Å². The second-order valence-corrected chi connectivity index (χ2v) is 6.96. The van der Waals surface area contributed by atoms with Crippen LogP contribution in [-0.4, -0.2) is 42.7 Å². The maximum Gasteiger partial charge on any atom is 0.323 e. The first kappa shape index (κ1) is 10.9. The number of carbonyl (C=O) groups is 1. The molecule has 5 heteroatoms. The molecule has 4 nitrogen and oxygen atoms in total. The molecule has 1 saturated heterocycles. The van der Waals surface area contributed by atoms with Crippen LogP contribution in [0.5, 0.6) is 0 Å². The molecule has 0 amide bonds. The van der Waals surface area contributed by atoms with Crippen LogP contribution in [0, 0.1) is 0 Å². The number of methoxy groups -OCH3 is 1. The fourth-order valence-electron chi connectivity index (χ4n) is 2.33. The Balaban J connectivity index is 2.14. The van der Waals surface area contributed by atoms with Gasteiger partial charge in [-0.25, -0.2) is 4.67 Å². The minimum absolute atomic E-state index is 0.241. The van der Waals surface area contributed by atoms with Gasteiger partial charge in [0.2, 0.25) is 0 Å². The molecule has 0 unspecified atom stereocenters. The molecule has 0 aromatic carbocycles. The number of rotatable bonds is 2. The lowest BCUT2D eigenvalue weighted by Gasteiger charge is -2.28. The number of allylic oxidation sites excluding steroid dienone is 2. The third kappa shape index (κ3) is 1.88. The van der Waals surface area contributed by atoms with Gasteiger partial charge in [0.05, 0.1) is 7.11 Å². The SMILES string of the molecule is COC(=O)[C@@H]1CCCN1P1(=O)CC=CC1. The molecule has 2 aliphatic heterocycles. The molecule has 1 fully saturated rings. The van der Waals surface area contributed by atoms with Gasteiger partial charge in [0.25, 0.3) is 0 Å². The maximum absolute atomic E-state index is 12.5. The molecule has 0 aliphatic carbocycles. The Labute approximate surface area is 89.7 Å². The Morgan fingerprint density at radius 1 is 1.47 bits per heavy atom. The lowest BCUT2D eigenvalue weighted by Crippen LogP contribution is -2.35. The van der Waals surface area contributed by atoms with Gasteiger partial charge >= 0.3 is 5.97 Å². The average molecular weight is 229 g/mol. The molecule has 1 atom stereocenters. The predicted molar refractivity (Wildman–Crippen MR) is 58.2 cm³/mol. The van der Waals surface area contributed by atoms with Gasteiger partial charge in [0.15, 0.2) is 7.29 Å². The van der Waals surface area contributed by atoms with Crippen LogP contribution in [-0.2, 0) is 14.1 Å². The molecule has 0 bridgehead atoms. The Morgan fingerprint density at radius 2 is 2.13 bits per heavy atom. The van der Waals surface area contributed by atoms with Crippen LogP contribution in [0.2, 0.25) is 0 Å². The smallest absolute Gasteiger partial charge is 0.323 e. The summed E-state index contributed by atoms with van der Waals surface area (Å²) >= 11 is 0. The number of hydrogen-bond donors (Lipinski definition) is 0. The van der Waals surface area contributed by atoms with Gasteiger partial charge in [-0.1, -0.05) is 12.2 Å². The second-order valence-electron chi connectivity index (χ2n) is 4.03. The van der Waals surface area contributed by atoms with Gasteiger partial charge in [0, 0.05) is 18.9 Å². The molecule has 2 heterocycles. The first-order valence-electron chi connectivity index (χ1n) is 5.25. The Morgan fingerprint density at radius 3 is 2.73 bits per heavy atom. The van der Waals surface area contributed by atoms with Crippen LogP contribution >= 0.6 is 7.29 Å². The van der Waals surface area contributed by atoms with Gasteiger partial charge < -0.3 is 9.30 Å². The van der Waals surface area contributed by atoms with Crippen molar-refractivity contribution in [1.29, 1.82) is 0 Å². The van der Waals surface area contributed by atoms with Crippen molar-refractivity contribution >= 4 is 13.3 Å². The summed E-state index contributed by atoms with van der Waals surface area (Å²) in [6.45, 7) is 0.763. The van der Waals surface area contributed by atoms with Crippen molar-refractivity contribution in [3.8, 4) is 0 Å². The molecule has 0 N–H and O–H groups in total. The molecule has 2 aliphatic rings. The van der Waals surface area contributed by atoms with Crippen LogP contribution in [0.25, 0.3) is 0 Å². The highest BCUT2D eigenvalue weighted by Gasteiger charge is 2.42. The molecule has 0 radical (unpaired) electrons. The third-order valence-corrected chi connectivity index (χ3v) is 6.09. The van der Waals surface area contributed by atoms with E-state index >= 15 is 0 Å². The summed E-state index contributed by atoms with van der Waals surface area (Å²) in [6, 6.07) is -0.277. The van der Waals surface area contributed by atoms with Crippen molar-refractivity contribution in [2.45, 2.75) is 18.9 Å². The summed E-state index contributed by atoms with van der Waals surface area (Å²) < 4.78 is 19.1. The summed E-state index contributed by atoms with van der Waals surface area (Å²) in [5.41, 5.74) is 0. The Hall–Kier alpha value is -0.600. The summed E-state index contributed by atoms with van der Waals surface area (Å²) in [7, 11) is -0.929. The molecule has 0 aromatic rings. The highest BCUT2D eigenvalue weighted by Crippen LogP contribution is 2.55. The van der Waals surface area contributed by atoms with Gasteiger partial charge in [0.1, 0.15) is 6.04 Å². The van der Waals surface area contributed by atoms with E-state index in [4.69, 9.17) is 4.74 Å². The quantitative estimate of drug-likeness (QED) is 0.408. The van der Waals surface area contributed by atoms with Crippen molar-refractivity contribution in [2.24, 2.45) is 0 Å². The summed E-state index contributed by atoms with van der Waals surface area (Å²) in [4.78, 5) is 11.5. The summed E-state index contributed by atoms with van der Waals surface area (Å²) in [6.07, 6.45) is 6.84. The number of esters is 1. The number of ether oxygens (including phenoxy) is 1. The van der Waals surface area contributed by atoms with E-state index in [0.717, 1.165) is 19.4 Å². The standard InChI is InChI=1S/C10H16NO3P/c1-14-10(12)9-5-4-6-11(9)15(13)7-2-3-8-15/h2-3,9H,4-8H2,1H3/t9-/m0/s1. The largest absolute Gasteiger partial charge is 0.468 e. The minimum atomic E-state index is -2.32. The monoisotopic (exact) mass is 229 g/mol. The van der Waals surface area contributed by atoms with E-state index < -0.39 is 7.29 Å². The highest BCUT2D eigenvalue weighted by atomic mass is 31.2. The third-order valence-electron chi connectivity index (χ3n) is 3.11. The summed E-state index contributed by atoms with van der Waals surface area (Å²) in [5.74, 6) is -0.241. The van der Waals surface area contributed by atoms with Crippen LogP contribution < -0.4 is 0 Å². The van der Waals surface area contributed by atoms with Gasteiger partial charge in [-0.05, 0) is 12.8 Å². The molecule has 2 rings (SSSR count). The molecule has 15 heavy (non-hydrogen) atoms. The van der Waals surface area contributed by atoms with Crippen molar-refractivity contribution in [1.82, 2.24) is 4.67 Å². The van der Waals surface area contributed by atoms with E-state index in [0.29, 0.717) is 12.3 Å². The summed E-state index contributed by atoms with van der Waals surface area (Å²) in [5, 5.41) is 0. The zero-order chi connectivity index (χ0) is 10.9. The van der Waals surface area contributed by atoms with Crippen molar-refractivity contribution in [3.63, 3.8) is 0 Å². The normalized spacial score (nSPS) is 29.5. The molecular weight excluding hydrogens is 213 g/mol. The van der Waals surface area contributed by atoms with Crippen molar-refractivity contribution in [3.05, 3.63) is 12.2 Å². The van der Waals surface area contributed by atoms with Crippen LogP contribution in [0.3, 0.4) is 0 Å². The molecule has 0 spiro atoms. The predicted octanol–water partition coefficient (Wildman–Crippen LogP) is 1.47. The first-order valence-corrected chi connectivity index (χ1v) is 7.28. The molecular formula is C10H16NO3P. The fraction of sp³-hybridized carbons (Fsp3) is 0.700. The lowest BCUT2D eigenvalue weighted by molar-refractivity contribution is -0.144. The number of carbonyl (C=O) groups excluding carboxylic acids is 1. The zero-order valence-electron chi connectivity index (χ0n) is 8.89. The first-order chi connectivity index (χ1) is 7.17. The zero-order valence-corrected chi connectivity index (χ0v) is 9.78.